The predicted molar refractivity (Wildman–Crippen MR) is 66.6 cm³/mol. The molecule has 1 aromatic rings. The molecule has 1 aliphatic heterocycles. The molecule has 15 heavy (non-hydrogen) atoms. The third kappa shape index (κ3) is 1.40. The number of thioether (sulfide) groups is 1. The van der Waals surface area contributed by atoms with Crippen LogP contribution in [0.25, 0.3) is 0 Å². The Morgan fingerprint density at radius 2 is 1.93 bits per heavy atom. The van der Waals surface area contributed by atoms with Crippen LogP contribution in [-0.4, -0.2) is 18.3 Å². The summed E-state index contributed by atoms with van der Waals surface area (Å²) in [6.07, 6.45) is 8.87. The zero-order chi connectivity index (χ0) is 10.3. The fourth-order valence-electron chi connectivity index (χ4n) is 2.19. The summed E-state index contributed by atoms with van der Waals surface area (Å²) < 4.78 is 0. The zero-order valence-electron chi connectivity index (χ0n) is 8.63. The number of hydrogen-bond donors (Lipinski definition) is 0. The molecule has 1 aliphatic carbocycles. The Hall–Kier alpha value is -1.15. The number of anilines is 1. The van der Waals surface area contributed by atoms with E-state index in [0.717, 1.165) is 0 Å². The minimum absolute atomic E-state index is 0.509. The lowest BCUT2D eigenvalue weighted by molar-refractivity contribution is 0.746. The largest absolute Gasteiger partial charge is 0.366 e. The van der Waals surface area contributed by atoms with Crippen LogP contribution >= 0.6 is 11.8 Å². The van der Waals surface area contributed by atoms with Gasteiger partial charge in [-0.15, -0.1) is 11.8 Å². The number of fused-ring (bicyclic) bond motifs is 2. The molecule has 0 aromatic heterocycles. The molecule has 2 atom stereocenters. The highest BCUT2D eigenvalue weighted by Gasteiger charge is 2.30. The smallest absolute Gasteiger partial charge is 0.0630 e. The van der Waals surface area contributed by atoms with Crippen molar-refractivity contribution >= 4 is 17.4 Å². The van der Waals surface area contributed by atoms with Gasteiger partial charge in [0.25, 0.3) is 0 Å². The Bertz CT molecular complexity index is 436. The zero-order valence-corrected chi connectivity index (χ0v) is 9.45. The van der Waals surface area contributed by atoms with E-state index < -0.39 is 0 Å². The van der Waals surface area contributed by atoms with Gasteiger partial charge in [-0.3, -0.25) is 0 Å². The second-order valence-electron chi connectivity index (χ2n) is 3.92. The summed E-state index contributed by atoms with van der Waals surface area (Å²) in [5.41, 5.74) is 1.35. The van der Waals surface area contributed by atoms with Crippen LogP contribution in [0.15, 0.2) is 53.5 Å². The number of likely N-dealkylation sites (N-methyl/N-ethyl adjacent to an activating group) is 1. The monoisotopic (exact) mass is 215 g/mol. The maximum atomic E-state index is 2.37. The van der Waals surface area contributed by atoms with Crippen molar-refractivity contribution in [1.82, 2.24) is 0 Å². The van der Waals surface area contributed by atoms with Crippen LogP contribution < -0.4 is 4.90 Å². The number of allylic oxidation sites excluding steroid dienone is 2. The first-order valence-electron chi connectivity index (χ1n) is 5.20. The SMILES string of the molecule is CN1c2ccccc2SC2C=CC=CC21. The number of hydrogen-bond acceptors (Lipinski definition) is 2. The number of rotatable bonds is 0. The molecule has 0 spiro atoms. The van der Waals surface area contributed by atoms with Crippen LogP contribution in [0.4, 0.5) is 5.69 Å². The highest BCUT2D eigenvalue weighted by Crippen LogP contribution is 2.42. The average Bonchev–Trinajstić information content (AvgIpc) is 2.30. The van der Waals surface area contributed by atoms with Crippen molar-refractivity contribution < 1.29 is 0 Å². The highest BCUT2D eigenvalue weighted by atomic mass is 32.2. The van der Waals surface area contributed by atoms with Crippen molar-refractivity contribution in [2.75, 3.05) is 11.9 Å². The molecule has 0 fully saturated rings. The molecule has 1 aromatic carbocycles. The van der Waals surface area contributed by atoms with E-state index in [4.69, 9.17) is 0 Å². The van der Waals surface area contributed by atoms with E-state index in [0.29, 0.717) is 11.3 Å². The van der Waals surface area contributed by atoms with E-state index in [-0.39, 0.29) is 0 Å². The molecule has 76 valence electrons. The van der Waals surface area contributed by atoms with E-state index in [1.54, 1.807) is 0 Å². The first-order chi connectivity index (χ1) is 7.36. The molecule has 0 saturated carbocycles. The molecule has 1 heterocycles. The Balaban J connectivity index is 2.07. The molecule has 0 radical (unpaired) electrons. The van der Waals surface area contributed by atoms with Gasteiger partial charge >= 0.3 is 0 Å². The van der Waals surface area contributed by atoms with Gasteiger partial charge in [0.15, 0.2) is 0 Å². The average molecular weight is 215 g/mol. The summed E-state index contributed by atoms with van der Waals surface area (Å²) in [5, 5.41) is 0.565. The maximum Gasteiger partial charge on any atom is 0.0630 e. The molecule has 2 heteroatoms. The minimum Gasteiger partial charge on any atom is -0.366 e. The van der Waals surface area contributed by atoms with Gasteiger partial charge in [-0.2, -0.15) is 0 Å². The van der Waals surface area contributed by atoms with Gasteiger partial charge in [-0.25, -0.2) is 0 Å². The van der Waals surface area contributed by atoms with Crippen LogP contribution in [0.3, 0.4) is 0 Å². The molecule has 2 unspecified atom stereocenters. The Labute approximate surface area is 94.5 Å². The van der Waals surface area contributed by atoms with Gasteiger partial charge in [-0.1, -0.05) is 36.4 Å². The van der Waals surface area contributed by atoms with Crippen LogP contribution in [0.1, 0.15) is 0 Å². The molecule has 0 saturated heterocycles. The van der Waals surface area contributed by atoms with Gasteiger partial charge in [0.05, 0.1) is 17.0 Å². The predicted octanol–water partition coefficient (Wildman–Crippen LogP) is 3.09. The lowest BCUT2D eigenvalue weighted by Gasteiger charge is -2.39. The Kier molecular flexibility index (Phi) is 2.10. The van der Waals surface area contributed by atoms with Crippen molar-refractivity contribution in [3.8, 4) is 0 Å². The molecule has 1 nitrogen and oxygen atoms in total. The van der Waals surface area contributed by atoms with Crippen molar-refractivity contribution in [1.29, 1.82) is 0 Å². The van der Waals surface area contributed by atoms with Gasteiger partial charge in [0, 0.05) is 11.9 Å². The molecule has 0 amide bonds. The summed E-state index contributed by atoms with van der Waals surface area (Å²) in [7, 11) is 2.18. The molecule has 2 aliphatic rings. The minimum atomic E-state index is 0.509. The van der Waals surface area contributed by atoms with Gasteiger partial charge in [0.1, 0.15) is 0 Å². The number of benzene rings is 1. The topological polar surface area (TPSA) is 3.24 Å². The lowest BCUT2D eigenvalue weighted by atomic mass is 10.1. The highest BCUT2D eigenvalue weighted by molar-refractivity contribution is 8.00. The van der Waals surface area contributed by atoms with Crippen molar-refractivity contribution in [3.05, 3.63) is 48.6 Å². The summed E-state index contributed by atoms with van der Waals surface area (Å²) in [6, 6.07) is 9.14. The molecule has 0 N–H and O–H groups in total. The van der Waals surface area contributed by atoms with Crippen molar-refractivity contribution in [3.63, 3.8) is 0 Å². The normalized spacial score (nSPS) is 27.4. The first-order valence-corrected chi connectivity index (χ1v) is 6.08. The standard InChI is InChI=1S/C13H13NS/c1-14-10-6-2-4-8-12(10)15-13-9-5-3-7-11(13)14/h2-10,12H,1H3. The Morgan fingerprint density at radius 1 is 1.13 bits per heavy atom. The summed E-state index contributed by atoms with van der Waals surface area (Å²) in [6.45, 7) is 0. The number of para-hydroxylation sites is 1. The van der Waals surface area contributed by atoms with Gasteiger partial charge in [0.2, 0.25) is 0 Å². The van der Waals surface area contributed by atoms with Gasteiger partial charge < -0.3 is 4.90 Å². The quantitative estimate of drug-likeness (QED) is 0.654. The molecular weight excluding hydrogens is 202 g/mol. The van der Waals surface area contributed by atoms with E-state index in [1.807, 2.05) is 11.8 Å². The van der Waals surface area contributed by atoms with Crippen molar-refractivity contribution in [2.45, 2.75) is 16.2 Å². The fourth-order valence-corrected chi connectivity index (χ4v) is 3.55. The molecule has 3 rings (SSSR count). The Morgan fingerprint density at radius 3 is 2.87 bits per heavy atom. The number of nitrogens with zero attached hydrogens (tertiary/aromatic N) is 1. The third-order valence-corrected chi connectivity index (χ3v) is 4.32. The second-order valence-corrected chi connectivity index (χ2v) is 5.14. The first kappa shape index (κ1) is 9.10. The van der Waals surface area contributed by atoms with E-state index >= 15 is 0 Å². The van der Waals surface area contributed by atoms with Crippen LogP contribution in [0.5, 0.6) is 0 Å². The second kappa shape index (κ2) is 3.46. The third-order valence-electron chi connectivity index (χ3n) is 3.01. The summed E-state index contributed by atoms with van der Waals surface area (Å²) in [5.74, 6) is 0. The van der Waals surface area contributed by atoms with E-state index in [9.17, 15) is 0 Å². The van der Waals surface area contributed by atoms with Crippen LogP contribution in [0.2, 0.25) is 0 Å². The van der Waals surface area contributed by atoms with Crippen LogP contribution in [-0.2, 0) is 0 Å². The molecule has 0 bridgehead atoms. The fraction of sp³-hybridized carbons (Fsp3) is 0.231. The summed E-state index contributed by atoms with van der Waals surface area (Å²) >= 11 is 1.96. The van der Waals surface area contributed by atoms with Gasteiger partial charge in [-0.05, 0) is 12.1 Å². The van der Waals surface area contributed by atoms with E-state index in [1.165, 1.54) is 10.6 Å². The van der Waals surface area contributed by atoms with E-state index in [2.05, 4.69) is 60.5 Å². The van der Waals surface area contributed by atoms with Crippen LogP contribution in [0, 0.1) is 0 Å². The lowest BCUT2D eigenvalue weighted by Crippen LogP contribution is -2.41. The maximum absolute atomic E-state index is 2.37. The molecular formula is C13H13NS. The van der Waals surface area contributed by atoms with Crippen molar-refractivity contribution in [2.24, 2.45) is 0 Å². The summed E-state index contributed by atoms with van der Waals surface area (Å²) in [4.78, 5) is 3.76.